The number of ether oxygens (including phenoxy) is 1. The van der Waals surface area contributed by atoms with Gasteiger partial charge in [-0.05, 0) is 31.0 Å². The number of anilines is 2. The molecule has 0 radical (unpaired) electrons. The lowest BCUT2D eigenvalue weighted by Crippen LogP contribution is -2.08. The van der Waals surface area contributed by atoms with Crippen LogP contribution in [0.25, 0.3) is 0 Å². The van der Waals surface area contributed by atoms with E-state index in [9.17, 15) is 4.79 Å². The molecule has 0 spiro atoms. The Balaban J connectivity index is 2.18. The lowest BCUT2D eigenvalue weighted by Gasteiger charge is -2.12. The topological polar surface area (TPSA) is 50.4 Å². The summed E-state index contributed by atoms with van der Waals surface area (Å²) in [6.45, 7) is 1.50. The third-order valence-electron chi connectivity index (χ3n) is 2.46. The Kier molecular flexibility index (Phi) is 2.99. The van der Waals surface area contributed by atoms with Crippen LogP contribution < -0.4 is 15.4 Å². The van der Waals surface area contributed by atoms with Gasteiger partial charge in [-0.25, -0.2) is 0 Å². The molecule has 1 aliphatic rings. The maximum absolute atomic E-state index is 11.0. The molecule has 0 heterocycles. The fourth-order valence-corrected chi connectivity index (χ4v) is 1.55. The Morgan fingerprint density at radius 3 is 2.75 bits per heavy atom. The van der Waals surface area contributed by atoms with Gasteiger partial charge >= 0.3 is 0 Å². The number of methoxy groups -OCH3 is 1. The molecule has 1 aromatic rings. The van der Waals surface area contributed by atoms with Crippen molar-refractivity contribution >= 4 is 17.3 Å². The van der Waals surface area contributed by atoms with Crippen LogP contribution in [-0.4, -0.2) is 19.1 Å². The van der Waals surface area contributed by atoms with Crippen molar-refractivity contribution in [2.75, 3.05) is 17.7 Å². The highest BCUT2D eigenvalue weighted by Gasteiger charge is 2.22. The number of rotatable bonds is 4. The number of hydrogen-bond acceptors (Lipinski definition) is 3. The van der Waals surface area contributed by atoms with Gasteiger partial charge in [0.2, 0.25) is 5.91 Å². The monoisotopic (exact) mass is 220 g/mol. The SMILES string of the molecule is COc1ccc(NC(C)=O)cc1NC1CC1. The average molecular weight is 220 g/mol. The van der Waals surface area contributed by atoms with E-state index in [-0.39, 0.29) is 5.91 Å². The summed E-state index contributed by atoms with van der Waals surface area (Å²) in [4.78, 5) is 11.0. The Bertz CT molecular complexity index is 400. The van der Waals surface area contributed by atoms with Crippen molar-refractivity contribution in [3.05, 3.63) is 18.2 Å². The van der Waals surface area contributed by atoms with Crippen LogP contribution in [0.3, 0.4) is 0 Å². The van der Waals surface area contributed by atoms with Gasteiger partial charge in [0.25, 0.3) is 0 Å². The predicted molar refractivity (Wildman–Crippen MR) is 63.9 cm³/mol. The molecule has 1 aromatic carbocycles. The van der Waals surface area contributed by atoms with E-state index in [2.05, 4.69) is 10.6 Å². The van der Waals surface area contributed by atoms with E-state index in [0.717, 1.165) is 17.1 Å². The molecule has 2 N–H and O–H groups in total. The quantitative estimate of drug-likeness (QED) is 0.818. The van der Waals surface area contributed by atoms with Crippen molar-refractivity contribution in [3.8, 4) is 5.75 Å². The van der Waals surface area contributed by atoms with Crippen molar-refractivity contribution in [3.63, 3.8) is 0 Å². The lowest BCUT2D eigenvalue weighted by molar-refractivity contribution is -0.114. The standard InChI is InChI=1S/C12H16N2O2/c1-8(15)13-10-5-6-12(16-2)11(7-10)14-9-3-4-9/h5-7,9,14H,3-4H2,1-2H3,(H,13,15). The number of amides is 1. The van der Waals surface area contributed by atoms with Crippen LogP contribution >= 0.6 is 0 Å². The molecule has 0 saturated heterocycles. The van der Waals surface area contributed by atoms with Crippen molar-refractivity contribution < 1.29 is 9.53 Å². The highest BCUT2D eigenvalue weighted by Crippen LogP contribution is 2.32. The van der Waals surface area contributed by atoms with Gasteiger partial charge in [0.15, 0.2) is 0 Å². The van der Waals surface area contributed by atoms with Crippen molar-refractivity contribution in [2.24, 2.45) is 0 Å². The summed E-state index contributed by atoms with van der Waals surface area (Å²) in [5.41, 5.74) is 1.73. The molecule has 2 rings (SSSR count). The molecular weight excluding hydrogens is 204 g/mol. The van der Waals surface area contributed by atoms with Crippen LogP contribution in [0.2, 0.25) is 0 Å². The highest BCUT2D eigenvalue weighted by molar-refractivity contribution is 5.89. The zero-order chi connectivity index (χ0) is 11.5. The molecule has 0 aliphatic heterocycles. The van der Waals surface area contributed by atoms with Crippen LogP contribution in [-0.2, 0) is 4.79 Å². The minimum Gasteiger partial charge on any atom is -0.495 e. The smallest absolute Gasteiger partial charge is 0.221 e. The normalized spacial score (nSPS) is 14.4. The first-order valence-electron chi connectivity index (χ1n) is 5.41. The number of carbonyl (C=O) groups is 1. The second-order valence-electron chi connectivity index (χ2n) is 4.01. The van der Waals surface area contributed by atoms with Crippen LogP contribution in [0.5, 0.6) is 5.75 Å². The van der Waals surface area contributed by atoms with Gasteiger partial charge in [-0.15, -0.1) is 0 Å². The molecule has 1 amide bonds. The highest BCUT2D eigenvalue weighted by atomic mass is 16.5. The van der Waals surface area contributed by atoms with Gasteiger partial charge in [-0.1, -0.05) is 0 Å². The molecule has 4 heteroatoms. The van der Waals surface area contributed by atoms with Gasteiger partial charge < -0.3 is 15.4 Å². The van der Waals surface area contributed by atoms with Gasteiger partial charge in [0, 0.05) is 18.7 Å². The first-order chi connectivity index (χ1) is 7.69. The van der Waals surface area contributed by atoms with E-state index in [0.29, 0.717) is 6.04 Å². The van der Waals surface area contributed by atoms with Gasteiger partial charge in [0.1, 0.15) is 5.75 Å². The van der Waals surface area contributed by atoms with Crippen LogP contribution in [0.4, 0.5) is 11.4 Å². The summed E-state index contributed by atoms with van der Waals surface area (Å²) in [6.07, 6.45) is 2.40. The van der Waals surface area contributed by atoms with E-state index >= 15 is 0 Å². The molecule has 0 atom stereocenters. The van der Waals surface area contributed by atoms with E-state index in [1.165, 1.54) is 19.8 Å². The van der Waals surface area contributed by atoms with E-state index in [1.54, 1.807) is 7.11 Å². The molecule has 1 saturated carbocycles. The Labute approximate surface area is 95.0 Å². The summed E-state index contributed by atoms with van der Waals surface area (Å²) in [5.74, 6) is 0.739. The fourth-order valence-electron chi connectivity index (χ4n) is 1.55. The Morgan fingerprint density at radius 2 is 2.19 bits per heavy atom. The van der Waals surface area contributed by atoms with E-state index in [4.69, 9.17) is 4.74 Å². The summed E-state index contributed by atoms with van der Waals surface area (Å²) in [7, 11) is 1.64. The number of nitrogens with one attached hydrogen (secondary N) is 2. The summed E-state index contributed by atoms with van der Waals surface area (Å²) >= 11 is 0. The summed E-state index contributed by atoms with van der Waals surface area (Å²) < 4.78 is 5.26. The van der Waals surface area contributed by atoms with Crippen LogP contribution in [0, 0.1) is 0 Å². The maximum atomic E-state index is 11.0. The minimum absolute atomic E-state index is 0.0671. The van der Waals surface area contributed by atoms with Gasteiger partial charge in [-0.2, -0.15) is 0 Å². The first-order valence-corrected chi connectivity index (χ1v) is 5.41. The fraction of sp³-hybridized carbons (Fsp3) is 0.417. The lowest BCUT2D eigenvalue weighted by atomic mass is 10.2. The van der Waals surface area contributed by atoms with Crippen molar-refractivity contribution in [1.29, 1.82) is 0 Å². The number of carbonyl (C=O) groups excluding carboxylic acids is 1. The maximum Gasteiger partial charge on any atom is 0.221 e. The molecule has 0 unspecified atom stereocenters. The first kappa shape index (κ1) is 10.8. The number of benzene rings is 1. The summed E-state index contributed by atoms with van der Waals surface area (Å²) in [5, 5.41) is 6.13. The Morgan fingerprint density at radius 1 is 1.44 bits per heavy atom. The summed E-state index contributed by atoms with van der Waals surface area (Å²) in [6, 6.07) is 6.15. The minimum atomic E-state index is -0.0671. The molecular formula is C12H16N2O2. The zero-order valence-electron chi connectivity index (χ0n) is 9.54. The largest absolute Gasteiger partial charge is 0.495 e. The van der Waals surface area contributed by atoms with Crippen LogP contribution in [0.15, 0.2) is 18.2 Å². The van der Waals surface area contributed by atoms with Gasteiger partial charge in [0.05, 0.1) is 12.8 Å². The second kappa shape index (κ2) is 4.43. The molecule has 4 nitrogen and oxygen atoms in total. The van der Waals surface area contributed by atoms with Gasteiger partial charge in [-0.3, -0.25) is 4.79 Å². The number of hydrogen-bond donors (Lipinski definition) is 2. The molecule has 1 aliphatic carbocycles. The average Bonchev–Trinajstić information content (AvgIpc) is 3.01. The molecule has 1 fully saturated rings. The van der Waals surface area contributed by atoms with Crippen molar-refractivity contribution in [1.82, 2.24) is 0 Å². The zero-order valence-corrected chi connectivity index (χ0v) is 9.54. The van der Waals surface area contributed by atoms with E-state index < -0.39 is 0 Å². The Hall–Kier alpha value is -1.71. The second-order valence-corrected chi connectivity index (χ2v) is 4.01. The van der Waals surface area contributed by atoms with Crippen LogP contribution in [0.1, 0.15) is 19.8 Å². The molecule has 86 valence electrons. The predicted octanol–water partition coefficient (Wildman–Crippen LogP) is 2.23. The molecule has 0 aromatic heterocycles. The molecule has 16 heavy (non-hydrogen) atoms. The third kappa shape index (κ3) is 2.66. The molecule has 0 bridgehead atoms. The van der Waals surface area contributed by atoms with E-state index in [1.807, 2.05) is 18.2 Å². The third-order valence-corrected chi connectivity index (χ3v) is 2.46. The van der Waals surface area contributed by atoms with Crippen molar-refractivity contribution in [2.45, 2.75) is 25.8 Å².